The molecule has 13 heteroatoms. The van der Waals surface area contributed by atoms with Crippen LogP contribution in [-0.4, -0.2) is 59.6 Å². The van der Waals surface area contributed by atoms with Gasteiger partial charge >= 0.3 is 11.0 Å². The first-order valence-corrected chi connectivity index (χ1v) is 15.7. The molecular formula is C30H29F3N4O4S2. The molecule has 0 spiro atoms. The predicted molar refractivity (Wildman–Crippen MR) is 159 cm³/mol. The van der Waals surface area contributed by atoms with E-state index in [-0.39, 0.29) is 23.0 Å². The van der Waals surface area contributed by atoms with Crippen molar-refractivity contribution in [3.8, 4) is 0 Å². The summed E-state index contributed by atoms with van der Waals surface area (Å²) in [7, 11) is 3.77. The van der Waals surface area contributed by atoms with Crippen LogP contribution in [0, 0.1) is 5.92 Å². The van der Waals surface area contributed by atoms with Crippen molar-refractivity contribution >= 4 is 52.2 Å². The second-order valence-corrected chi connectivity index (χ2v) is 13.3. The minimum absolute atomic E-state index is 0.150. The molecule has 0 radical (unpaired) electrons. The molecule has 0 saturated carbocycles. The van der Waals surface area contributed by atoms with Gasteiger partial charge in [0, 0.05) is 43.7 Å². The lowest BCUT2D eigenvalue weighted by atomic mass is 9.83. The molecule has 3 aliphatic rings. The van der Waals surface area contributed by atoms with Crippen molar-refractivity contribution in [2.75, 3.05) is 37.0 Å². The maximum atomic E-state index is 14.0. The Morgan fingerprint density at radius 3 is 2.33 bits per heavy atom. The standard InChI is InChI=1S/C30H29F3N4O4S2/c1-34(2)19-11-9-17(10-12-19)22-23-24(27(40)37(26(23)39)20-8-6-7-18(15-20)30(31,32)33)42-28-25(22)43-29(41)36(28)16-21(38)35-13-4-3-5-14-35/h6-12,15,22-24H,3-5,13-14,16H2,1-2H3/t22-,23-,24+/m0/s1. The fourth-order valence-corrected chi connectivity index (χ4v) is 8.82. The van der Waals surface area contributed by atoms with Crippen LogP contribution in [0.25, 0.3) is 0 Å². The van der Waals surface area contributed by atoms with Crippen molar-refractivity contribution in [1.82, 2.24) is 9.47 Å². The molecule has 3 amide bonds. The second kappa shape index (κ2) is 11.2. The van der Waals surface area contributed by atoms with E-state index in [1.807, 2.05) is 43.3 Å². The van der Waals surface area contributed by atoms with Crippen LogP contribution in [0.1, 0.15) is 41.2 Å². The lowest BCUT2D eigenvalue weighted by Crippen LogP contribution is -2.39. The van der Waals surface area contributed by atoms with E-state index < -0.39 is 40.6 Å². The van der Waals surface area contributed by atoms with E-state index in [1.165, 1.54) is 16.7 Å². The zero-order valence-electron chi connectivity index (χ0n) is 23.5. The van der Waals surface area contributed by atoms with Gasteiger partial charge in [0.15, 0.2) is 0 Å². The lowest BCUT2D eigenvalue weighted by molar-refractivity contribution is -0.137. The number of halogens is 3. The summed E-state index contributed by atoms with van der Waals surface area (Å²) in [6, 6.07) is 11.6. The Morgan fingerprint density at radius 2 is 1.67 bits per heavy atom. The van der Waals surface area contributed by atoms with Crippen molar-refractivity contribution in [2.45, 2.75) is 48.2 Å². The number of imide groups is 1. The highest BCUT2D eigenvalue weighted by Gasteiger charge is 2.57. The molecule has 0 N–H and O–H groups in total. The fraction of sp³-hybridized carbons (Fsp3) is 0.400. The first-order valence-electron chi connectivity index (χ1n) is 14.0. The number of aromatic nitrogens is 1. The number of thiazole rings is 1. The maximum Gasteiger partial charge on any atom is 0.416 e. The molecule has 0 bridgehead atoms. The minimum Gasteiger partial charge on any atom is -0.378 e. The van der Waals surface area contributed by atoms with Crippen LogP contribution in [0.4, 0.5) is 24.5 Å². The Bertz CT molecular complexity index is 1640. The minimum atomic E-state index is -4.65. The van der Waals surface area contributed by atoms with Gasteiger partial charge in [-0.05, 0) is 55.2 Å². The first-order chi connectivity index (χ1) is 20.5. The molecule has 43 heavy (non-hydrogen) atoms. The van der Waals surface area contributed by atoms with Crippen molar-refractivity contribution in [3.63, 3.8) is 0 Å². The summed E-state index contributed by atoms with van der Waals surface area (Å²) in [6.07, 6.45) is -1.81. The fourth-order valence-electron chi connectivity index (χ4n) is 6.05. The lowest BCUT2D eigenvalue weighted by Gasteiger charge is -2.31. The van der Waals surface area contributed by atoms with Gasteiger partial charge in [-0.25, -0.2) is 4.90 Å². The molecule has 3 atom stereocenters. The summed E-state index contributed by atoms with van der Waals surface area (Å²) in [5.74, 6) is -3.10. The molecule has 2 fully saturated rings. The number of amides is 3. The number of thioether (sulfide) groups is 1. The molecule has 1 aromatic heterocycles. The smallest absolute Gasteiger partial charge is 0.378 e. The van der Waals surface area contributed by atoms with Gasteiger partial charge in [-0.2, -0.15) is 13.2 Å². The van der Waals surface area contributed by atoms with E-state index >= 15 is 0 Å². The average Bonchev–Trinajstić information content (AvgIpc) is 3.43. The molecule has 4 heterocycles. The Morgan fingerprint density at radius 1 is 0.977 bits per heavy atom. The normalized spacial score (nSPS) is 22.0. The largest absolute Gasteiger partial charge is 0.416 e. The predicted octanol–water partition coefficient (Wildman–Crippen LogP) is 4.80. The summed E-state index contributed by atoms with van der Waals surface area (Å²) in [6.45, 7) is 1.07. The van der Waals surface area contributed by atoms with E-state index in [2.05, 4.69) is 0 Å². The number of anilines is 2. The summed E-state index contributed by atoms with van der Waals surface area (Å²) in [5.41, 5.74) is 0.489. The molecule has 8 nitrogen and oxygen atoms in total. The Hall–Kier alpha value is -3.58. The van der Waals surface area contributed by atoms with Gasteiger partial charge < -0.3 is 9.80 Å². The van der Waals surface area contributed by atoms with Crippen LogP contribution in [0.2, 0.25) is 0 Å². The van der Waals surface area contributed by atoms with E-state index in [9.17, 15) is 32.3 Å². The van der Waals surface area contributed by atoms with Crippen LogP contribution in [0.15, 0.2) is 58.4 Å². The van der Waals surface area contributed by atoms with Crippen LogP contribution in [0.5, 0.6) is 0 Å². The van der Waals surface area contributed by atoms with Gasteiger partial charge in [0.05, 0.1) is 22.2 Å². The number of nitrogens with zero attached hydrogens (tertiary/aromatic N) is 4. The first kappa shape index (κ1) is 29.5. The van der Waals surface area contributed by atoms with Crippen molar-refractivity contribution in [3.05, 3.63) is 74.2 Å². The molecule has 0 unspecified atom stereocenters. The molecule has 3 aliphatic heterocycles. The highest BCUT2D eigenvalue weighted by Crippen LogP contribution is 2.54. The van der Waals surface area contributed by atoms with Gasteiger partial charge in [-0.15, -0.1) is 0 Å². The van der Waals surface area contributed by atoms with Crippen LogP contribution in [0.3, 0.4) is 0 Å². The molecule has 0 aliphatic carbocycles. The summed E-state index contributed by atoms with van der Waals surface area (Å²) in [4.78, 5) is 59.1. The molecule has 226 valence electrons. The number of hydrogen-bond acceptors (Lipinski definition) is 7. The van der Waals surface area contributed by atoms with Crippen LogP contribution >= 0.6 is 23.1 Å². The zero-order chi connectivity index (χ0) is 30.6. The topological polar surface area (TPSA) is 82.9 Å². The molecule has 6 rings (SSSR count). The van der Waals surface area contributed by atoms with E-state index in [0.29, 0.717) is 28.6 Å². The van der Waals surface area contributed by atoms with E-state index in [1.54, 1.807) is 4.90 Å². The summed E-state index contributed by atoms with van der Waals surface area (Å²) >= 11 is 2.00. The third-order valence-corrected chi connectivity index (χ3v) is 10.9. The summed E-state index contributed by atoms with van der Waals surface area (Å²) in [5, 5.41) is -0.534. The number of carbonyl (C=O) groups is 3. The van der Waals surface area contributed by atoms with Gasteiger partial charge in [0.2, 0.25) is 17.7 Å². The monoisotopic (exact) mass is 630 g/mol. The average molecular weight is 631 g/mol. The number of carbonyl (C=O) groups excluding carboxylic acids is 3. The highest BCUT2D eigenvalue weighted by molar-refractivity contribution is 8.00. The number of piperidine rings is 1. The number of hydrogen-bond donors (Lipinski definition) is 0. The van der Waals surface area contributed by atoms with Crippen LogP contribution in [-0.2, 0) is 27.1 Å². The Balaban J connectivity index is 1.43. The van der Waals surface area contributed by atoms with Gasteiger partial charge in [-0.1, -0.05) is 41.3 Å². The van der Waals surface area contributed by atoms with Gasteiger partial charge in [0.25, 0.3) is 0 Å². The third-order valence-electron chi connectivity index (χ3n) is 8.25. The molecule has 2 aromatic carbocycles. The SMILES string of the molecule is CN(C)c1ccc([C@@H]2c3sc(=O)n(CC(=O)N4CCCCC4)c3S[C@H]3C(=O)N(c4cccc(C(F)(F)F)c4)C(=O)[C@@H]23)cc1. The van der Waals surface area contributed by atoms with Gasteiger partial charge in [-0.3, -0.25) is 23.7 Å². The number of rotatable bonds is 5. The number of fused-ring (bicyclic) bond motifs is 2. The van der Waals surface area contributed by atoms with Crippen molar-refractivity contribution < 1.29 is 27.6 Å². The Kier molecular flexibility index (Phi) is 7.66. The molecular weight excluding hydrogens is 601 g/mol. The molecule has 2 saturated heterocycles. The van der Waals surface area contributed by atoms with Crippen molar-refractivity contribution in [2.24, 2.45) is 5.92 Å². The quantitative estimate of drug-likeness (QED) is 0.377. The van der Waals surface area contributed by atoms with E-state index in [4.69, 9.17) is 0 Å². The maximum absolute atomic E-state index is 14.0. The highest BCUT2D eigenvalue weighted by atomic mass is 32.2. The number of likely N-dealkylation sites (tertiary alicyclic amines) is 1. The van der Waals surface area contributed by atoms with E-state index in [0.717, 1.165) is 65.1 Å². The second-order valence-electron chi connectivity index (χ2n) is 11.2. The van der Waals surface area contributed by atoms with Crippen molar-refractivity contribution in [1.29, 1.82) is 0 Å². The Labute approximate surface area is 254 Å². The zero-order valence-corrected chi connectivity index (χ0v) is 25.1. The molecule has 3 aromatic rings. The number of alkyl halides is 3. The third kappa shape index (κ3) is 5.26. The summed E-state index contributed by atoms with van der Waals surface area (Å²) < 4.78 is 41.9. The van der Waals surface area contributed by atoms with Crippen LogP contribution < -0.4 is 14.7 Å². The number of benzene rings is 2. The van der Waals surface area contributed by atoms with Gasteiger partial charge in [0.1, 0.15) is 11.8 Å².